The summed E-state index contributed by atoms with van der Waals surface area (Å²) in [5, 5.41) is 3.80. The van der Waals surface area contributed by atoms with Crippen LogP contribution in [0.15, 0.2) is 65.6 Å². The highest BCUT2D eigenvalue weighted by molar-refractivity contribution is 9.08. The van der Waals surface area contributed by atoms with Gasteiger partial charge < -0.3 is 5.32 Å². The molecule has 3 aromatic carbocycles. The van der Waals surface area contributed by atoms with Crippen LogP contribution in [0.1, 0.15) is 42.2 Å². The van der Waals surface area contributed by atoms with E-state index in [1.165, 1.54) is 11.0 Å². The molecule has 8 heteroatoms. The fourth-order valence-electron chi connectivity index (χ4n) is 3.45. The van der Waals surface area contributed by atoms with Gasteiger partial charge in [-0.1, -0.05) is 57.9 Å². The standard InChI is InChI=1S/C23H16BrClN2O3S/c24-11-13-3-1-4-14(9-13)12-27-22(29)16-5-2-6-18(20(16)23(27)30)26-21(28)17-10-15(25)7-8-19(17)31/h1-10,31H,11-12H2,(H,26,28). The molecular weight excluding hydrogens is 500 g/mol. The van der Waals surface area contributed by atoms with Gasteiger partial charge in [-0.05, 0) is 41.5 Å². The molecule has 0 saturated carbocycles. The molecule has 1 N–H and O–H groups in total. The molecule has 0 spiro atoms. The largest absolute Gasteiger partial charge is 0.321 e. The molecule has 0 bridgehead atoms. The van der Waals surface area contributed by atoms with E-state index >= 15 is 0 Å². The second-order valence-corrected chi connectivity index (χ2v) is 8.47. The van der Waals surface area contributed by atoms with Gasteiger partial charge >= 0.3 is 0 Å². The van der Waals surface area contributed by atoms with E-state index in [2.05, 4.69) is 33.9 Å². The number of hydrogen-bond donors (Lipinski definition) is 2. The third-order valence-corrected chi connectivity index (χ3v) is 6.21. The normalized spacial score (nSPS) is 12.8. The fourth-order valence-corrected chi connectivity index (χ4v) is 4.22. The van der Waals surface area contributed by atoms with Crippen LogP contribution in [0.2, 0.25) is 5.02 Å². The Morgan fingerprint density at radius 2 is 1.74 bits per heavy atom. The molecule has 4 rings (SSSR count). The number of nitrogens with zero attached hydrogens (tertiary/aromatic N) is 1. The number of nitrogens with one attached hydrogen (secondary N) is 1. The number of imide groups is 1. The molecule has 1 heterocycles. The van der Waals surface area contributed by atoms with Gasteiger partial charge in [-0.3, -0.25) is 19.3 Å². The van der Waals surface area contributed by atoms with Crippen molar-refractivity contribution in [1.82, 2.24) is 4.90 Å². The minimum Gasteiger partial charge on any atom is -0.321 e. The minimum absolute atomic E-state index is 0.148. The number of carbonyl (C=O) groups excluding carboxylic acids is 3. The first-order chi connectivity index (χ1) is 14.9. The molecule has 0 aliphatic carbocycles. The van der Waals surface area contributed by atoms with Crippen LogP contribution >= 0.6 is 40.2 Å². The lowest BCUT2D eigenvalue weighted by Gasteiger charge is -2.15. The van der Waals surface area contributed by atoms with Crippen molar-refractivity contribution in [3.8, 4) is 0 Å². The van der Waals surface area contributed by atoms with Crippen molar-refractivity contribution >= 4 is 63.6 Å². The van der Waals surface area contributed by atoms with Crippen LogP contribution < -0.4 is 5.32 Å². The van der Waals surface area contributed by atoms with E-state index < -0.39 is 17.7 Å². The van der Waals surface area contributed by atoms with Crippen LogP contribution in [0.4, 0.5) is 5.69 Å². The molecule has 0 radical (unpaired) electrons. The highest BCUT2D eigenvalue weighted by atomic mass is 79.9. The molecule has 0 aromatic heterocycles. The summed E-state index contributed by atoms with van der Waals surface area (Å²) in [6.07, 6.45) is 0. The minimum atomic E-state index is -0.468. The summed E-state index contributed by atoms with van der Waals surface area (Å²) in [5.74, 6) is -1.31. The molecule has 1 aliphatic rings. The van der Waals surface area contributed by atoms with Gasteiger partial charge in [0.1, 0.15) is 0 Å². The Morgan fingerprint density at radius 1 is 1.00 bits per heavy atom. The van der Waals surface area contributed by atoms with Gasteiger partial charge in [-0.15, -0.1) is 12.6 Å². The summed E-state index contributed by atoms with van der Waals surface area (Å²) in [5.41, 5.74) is 2.87. The Kier molecular flexibility index (Phi) is 6.18. The molecule has 0 fully saturated rings. The summed E-state index contributed by atoms with van der Waals surface area (Å²) in [6.45, 7) is 0.148. The van der Waals surface area contributed by atoms with Gasteiger partial charge in [0.15, 0.2) is 0 Å². The number of fused-ring (bicyclic) bond motifs is 1. The maximum atomic E-state index is 13.1. The lowest BCUT2D eigenvalue weighted by molar-refractivity contribution is 0.0642. The Hall–Kier alpha value is -2.61. The Labute approximate surface area is 197 Å². The van der Waals surface area contributed by atoms with Gasteiger partial charge in [0.25, 0.3) is 17.7 Å². The van der Waals surface area contributed by atoms with Crippen molar-refractivity contribution in [2.45, 2.75) is 16.8 Å². The van der Waals surface area contributed by atoms with Crippen LogP contribution in [-0.2, 0) is 11.9 Å². The molecule has 31 heavy (non-hydrogen) atoms. The molecule has 156 valence electrons. The highest BCUT2D eigenvalue weighted by Crippen LogP contribution is 2.31. The zero-order chi connectivity index (χ0) is 22.1. The van der Waals surface area contributed by atoms with E-state index in [4.69, 9.17) is 11.6 Å². The summed E-state index contributed by atoms with van der Waals surface area (Å²) in [4.78, 5) is 40.5. The maximum Gasteiger partial charge on any atom is 0.263 e. The zero-order valence-electron chi connectivity index (χ0n) is 16.1. The van der Waals surface area contributed by atoms with E-state index in [0.29, 0.717) is 15.2 Å². The number of carbonyl (C=O) groups is 3. The fraction of sp³-hybridized carbons (Fsp3) is 0.0870. The lowest BCUT2D eigenvalue weighted by atomic mass is 10.1. The van der Waals surface area contributed by atoms with Crippen molar-refractivity contribution in [3.05, 3.63) is 93.5 Å². The van der Waals surface area contributed by atoms with Crippen LogP contribution in [0, 0.1) is 0 Å². The number of rotatable bonds is 5. The Morgan fingerprint density at radius 3 is 2.52 bits per heavy atom. The van der Waals surface area contributed by atoms with Gasteiger partial charge in [0, 0.05) is 15.2 Å². The van der Waals surface area contributed by atoms with E-state index in [1.807, 2.05) is 24.3 Å². The predicted octanol–water partition coefficient (Wildman–Crippen LogP) is 5.57. The first-order valence-electron chi connectivity index (χ1n) is 9.32. The number of benzene rings is 3. The van der Waals surface area contributed by atoms with E-state index in [1.54, 1.807) is 30.3 Å². The molecule has 5 nitrogen and oxygen atoms in total. The molecule has 3 amide bonds. The topological polar surface area (TPSA) is 66.5 Å². The second-order valence-electron chi connectivity index (χ2n) is 6.99. The smallest absolute Gasteiger partial charge is 0.263 e. The Bertz CT molecular complexity index is 1230. The number of amides is 3. The lowest BCUT2D eigenvalue weighted by Crippen LogP contribution is -2.29. The van der Waals surface area contributed by atoms with E-state index in [9.17, 15) is 14.4 Å². The third-order valence-electron chi connectivity index (χ3n) is 4.94. The van der Waals surface area contributed by atoms with Crippen LogP contribution in [0.3, 0.4) is 0 Å². The van der Waals surface area contributed by atoms with Crippen molar-refractivity contribution in [2.24, 2.45) is 0 Å². The number of hydrogen-bond acceptors (Lipinski definition) is 4. The molecule has 0 atom stereocenters. The van der Waals surface area contributed by atoms with Crippen molar-refractivity contribution in [1.29, 1.82) is 0 Å². The van der Waals surface area contributed by atoms with Crippen LogP contribution in [0.5, 0.6) is 0 Å². The summed E-state index contributed by atoms with van der Waals surface area (Å²) in [7, 11) is 0. The average molecular weight is 516 g/mol. The SMILES string of the molecule is O=C(Nc1cccc2c1C(=O)N(Cc1cccc(CBr)c1)C2=O)c1cc(Cl)ccc1S. The highest BCUT2D eigenvalue weighted by Gasteiger charge is 2.37. The monoisotopic (exact) mass is 514 g/mol. The van der Waals surface area contributed by atoms with Crippen molar-refractivity contribution < 1.29 is 14.4 Å². The van der Waals surface area contributed by atoms with E-state index in [0.717, 1.165) is 11.1 Å². The number of alkyl halides is 1. The van der Waals surface area contributed by atoms with Crippen LogP contribution in [-0.4, -0.2) is 22.6 Å². The zero-order valence-corrected chi connectivity index (χ0v) is 19.3. The molecule has 0 saturated heterocycles. The maximum absolute atomic E-state index is 13.1. The predicted molar refractivity (Wildman–Crippen MR) is 126 cm³/mol. The van der Waals surface area contributed by atoms with E-state index in [-0.39, 0.29) is 28.9 Å². The van der Waals surface area contributed by atoms with Gasteiger partial charge in [-0.25, -0.2) is 0 Å². The first-order valence-corrected chi connectivity index (χ1v) is 11.3. The van der Waals surface area contributed by atoms with Gasteiger partial charge in [-0.2, -0.15) is 0 Å². The van der Waals surface area contributed by atoms with Crippen LogP contribution in [0.25, 0.3) is 0 Å². The quantitative estimate of drug-likeness (QED) is 0.265. The number of anilines is 1. The Balaban J connectivity index is 1.63. The van der Waals surface area contributed by atoms with Crippen molar-refractivity contribution in [3.63, 3.8) is 0 Å². The third kappa shape index (κ3) is 4.26. The summed E-state index contributed by atoms with van der Waals surface area (Å²) >= 11 is 13.7. The number of thiol groups is 1. The number of halogens is 2. The average Bonchev–Trinajstić information content (AvgIpc) is 3.01. The van der Waals surface area contributed by atoms with Gasteiger partial charge in [0.2, 0.25) is 0 Å². The van der Waals surface area contributed by atoms with Gasteiger partial charge in [0.05, 0.1) is 28.9 Å². The van der Waals surface area contributed by atoms with Crippen molar-refractivity contribution in [2.75, 3.05) is 5.32 Å². The summed E-state index contributed by atoms with van der Waals surface area (Å²) in [6, 6.07) is 17.2. The molecular formula is C23H16BrClN2O3S. The molecule has 3 aromatic rings. The first kappa shape index (κ1) is 21.6. The second kappa shape index (κ2) is 8.86. The molecule has 1 aliphatic heterocycles. The summed E-state index contributed by atoms with van der Waals surface area (Å²) < 4.78 is 0. The molecule has 0 unspecified atom stereocenters.